The van der Waals surface area contributed by atoms with E-state index < -0.39 is 0 Å². The standard InChI is InChI=1S/C12H26O5/c1-3-4-6-17-12(10-15-7-5-13)11-16-9-8-14-2/h12-13H,3-11H2,1-2H3. The molecule has 0 aromatic rings. The molecule has 0 saturated heterocycles. The van der Waals surface area contributed by atoms with Gasteiger partial charge >= 0.3 is 0 Å². The van der Waals surface area contributed by atoms with Crippen LogP contribution in [0.3, 0.4) is 0 Å². The van der Waals surface area contributed by atoms with Crippen LogP contribution in [0.25, 0.3) is 0 Å². The average molecular weight is 250 g/mol. The van der Waals surface area contributed by atoms with Crippen molar-refractivity contribution in [2.45, 2.75) is 25.9 Å². The van der Waals surface area contributed by atoms with E-state index in [1.165, 1.54) is 0 Å². The van der Waals surface area contributed by atoms with Crippen LogP contribution < -0.4 is 0 Å². The molecule has 0 aliphatic carbocycles. The largest absolute Gasteiger partial charge is 0.394 e. The van der Waals surface area contributed by atoms with E-state index in [1.807, 2.05) is 0 Å². The molecule has 1 unspecified atom stereocenters. The van der Waals surface area contributed by atoms with Gasteiger partial charge < -0.3 is 24.1 Å². The van der Waals surface area contributed by atoms with Crippen LogP contribution in [-0.2, 0) is 18.9 Å². The van der Waals surface area contributed by atoms with E-state index in [9.17, 15) is 0 Å². The van der Waals surface area contributed by atoms with Crippen LogP contribution >= 0.6 is 0 Å². The maximum Gasteiger partial charge on any atom is 0.104 e. The molecule has 104 valence electrons. The number of hydrogen-bond acceptors (Lipinski definition) is 5. The molecule has 5 heteroatoms. The summed E-state index contributed by atoms with van der Waals surface area (Å²) in [4.78, 5) is 0. The van der Waals surface area contributed by atoms with Gasteiger partial charge in [0.2, 0.25) is 0 Å². The van der Waals surface area contributed by atoms with Crippen molar-refractivity contribution < 1.29 is 24.1 Å². The molecule has 0 radical (unpaired) electrons. The van der Waals surface area contributed by atoms with E-state index in [0.717, 1.165) is 19.4 Å². The molecule has 0 aromatic heterocycles. The summed E-state index contributed by atoms with van der Waals surface area (Å²) in [7, 11) is 1.64. The Labute approximate surface area is 104 Å². The van der Waals surface area contributed by atoms with E-state index in [1.54, 1.807) is 7.11 Å². The van der Waals surface area contributed by atoms with Gasteiger partial charge in [-0.1, -0.05) is 13.3 Å². The van der Waals surface area contributed by atoms with Crippen LogP contribution in [0, 0.1) is 0 Å². The Kier molecular flexibility index (Phi) is 13.7. The summed E-state index contributed by atoms with van der Waals surface area (Å²) in [5.74, 6) is 0. The lowest BCUT2D eigenvalue weighted by atomic mass is 10.3. The minimum Gasteiger partial charge on any atom is -0.394 e. The topological polar surface area (TPSA) is 57.2 Å². The minimum atomic E-state index is -0.0649. The summed E-state index contributed by atoms with van der Waals surface area (Å²) in [6.45, 7) is 5.31. The second-order valence-corrected chi connectivity index (χ2v) is 3.71. The number of unbranched alkanes of at least 4 members (excludes halogenated alkanes) is 1. The van der Waals surface area contributed by atoms with Gasteiger partial charge in [0.25, 0.3) is 0 Å². The van der Waals surface area contributed by atoms with E-state index in [-0.39, 0.29) is 12.7 Å². The summed E-state index contributed by atoms with van der Waals surface area (Å²) >= 11 is 0. The normalized spacial score (nSPS) is 12.9. The van der Waals surface area contributed by atoms with Gasteiger partial charge in [-0.05, 0) is 6.42 Å². The molecule has 0 aromatic carbocycles. The molecule has 0 aliphatic rings. The molecule has 0 rings (SSSR count). The second-order valence-electron chi connectivity index (χ2n) is 3.71. The molecule has 0 saturated carbocycles. The van der Waals surface area contributed by atoms with Crippen LogP contribution in [0.2, 0.25) is 0 Å². The molecule has 0 heterocycles. The van der Waals surface area contributed by atoms with Gasteiger partial charge in [0, 0.05) is 13.7 Å². The first-order valence-electron chi connectivity index (χ1n) is 6.22. The van der Waals surface area contributed by atoms with E-state index >= 15 is 0 Å². The Morgan fingerprint density at radius 3 is 2.29 bits per heavy atom. The summed E-state index contributed by atoms with van der Waals surface area (Å²) in [5.41, 5.74) is 0. The van der Waals surface area contributed by atoms with Gasteiger partial charge in [-0.25, -0.2) is 0 Å². The van der Waals surface area contributed by atoms with Crippen molar-refractivity contribution in [1.29, 1.82) is 0 Å². The van der Waals surface area contributed by atoms with Crippen molar-refractivity contribution in [2.24, 2.45) is 0 Å². The van der Waals surface area contributed by atoms with Gasteiger partial charge in [-0.15, -0.1) is 0 Å². The minimum absolute atomic E-state index is 0.0339. The fraction of sp³-hybridized carbons (Fsp3) is 1.00. The molecule has 1 N–H and O–H groups in total. The lowest BCUT2D eigenvalue weighted by Crippen LogP contribution is -2.27. The summed E-state index contributed by atoms with van der Waals surface area (Å²) in [6.07, 6.45) is 2.08. The van der Waals surface area contributed by atoms with Crippen LogP contribution in [0.1, 0.15) is 19.8 Å². The van der Waals surface area contributed by atoms with Crippen molar-refractivity contribution >= 4 is 0 Å². The Balaban J connectivity index is 3.60. The van der Waals surface area contributed by atoms with E-state index in [2.05, 4.69) is 6.92 Å². The number of hydrogen-bond donors (Lipinski definition) is 1. The SMILES string of the molecule is CCCCOC(COCCO)COCCOC. The Morgan fingerprint density at radius 1 is 1.00 bits per heavy atom. The average Bonchev–Trinajstić information content (AvgIpc) is 2.34. The number of aliphatic hydroxyl groups excluding tert-OH is 1. The molecule has 0 fully saturated rings. The van der Waals surface area contributed by atoms with Crippen LogP contribution in [-0.4, -0.2) is 64.6 Å². The quantitative estimate of drug-likeness (QED) is 0.491. The highest BCUT2D eigenvalue weighted by Crippen LogP contribution is 1.98. The second kappa shape index (κ2) is 13.9. The predicted octanol–water partition coefficient (Wildman–Crippen LogP) is 0.844. The van der Waals surface area contributed by atoms with Crippen molar-refractivity contribution in [2.75, 3.05) is 53.4 Å². The van der Waals surface area contributed by atoms with Gasteiger partial charge in [0.15, 0.2) is 0 Å². The number of methoxy groups -OCH3 is 1. The van der Waals surface area contributed by atoms with Gasteiger partial charge in [0.1, 0.15) is 6.10 Å². The first-order chi connectivity index (χ1) is 8.35. The number of ether oxygens (including phenoxy) is 4. The third-order valence-electron chi connectivity index (χ3n) is 2.13. The van der Waals surface area contributed by atoms with Crippen LogP contribution in [0.5, 0.6) is 0 Å². The van der Waals surface area contributed by atoms with Crippen molar-refractivity contribution in [3.63, 3.8) is 0 Å². The van der Waals surface area contributed by atoms with Crippen molar-refractivity contribution in [3.05, 3.63) is 0 Å². The predicted molar refractivity (Wildman–Crippen MR) is 65.2 cm³/mol. The first-order valence-corrected chi connectivity index (χ1v) is 6.22. The molecule has 0 aliphatic heterocycles. The van der Waals surface area contributed by atoms with Crippen molar-refractivity contribution in [1.82, 2.24) is 0 Å². The summed E-state index contributed by atoms with van der Waals surface area (Å²) in [6, 6.07) is 0. The third kappa shape index (κ3) is 12.1. The maximum absolute atomic E-state index is 8.63. The zero-order chi connectivity index (χ0) is 12.8. The van der Waals surface area contributed by atoms with Gasteiger partial charge in [0.05, 0.1) is 39.6 Å². The summed E-state index contributed by atoms with van der Waals surface area (Å²) in [5, 5.41) is 8.63. The zero-order valence-corrected chi connectivity index (χ0v) is 11.0. The van der Waals surface area contributed by atoms with Crippen LogP contribution in [0.15, 0.2) is 0 Å². The van der Waals surface area contributed by atoms with Gasteiger partial charge in [-0.2, -0.15) is 0 Å². The van der Waals surface area contributed by atoms with Crippen LogP contribution in [0.4, 0.5) is 0 Å². The van der Waals surface area contributed by atoms with Crippen molar-refractivity contribution in [3.8, 4) is 0 Å². The maximum atomic E-state index is 8.63. The number of rotatable bonds is 13. The lowest BCUT2D eigenvalue weighted by Gasteiger charge is -2.18. The van der Waals surface area contributed by atoms with E-state index in [4.69, 9.17) is 24.1 Å². The highest BCUT2D eigenvalue weighted by Gasteiger charge is 2.09. The Bertz CT molecular complexity index is 133. The molecule has 17 heavy (non-hydrogen) atoms. The highest BCUT2D eigenvalue weighted by atomic mass is 16.6. The van der Waals surface area contributed by atoms with Gasteiger partial charge in [-0.3, -0.25) is 0 Å². The van der Waals surface area contributed by atoms with E-state index in [0.29, 0.717) is 33.0 Å². The Hall–Kier alpha value is -0.200. The highest BCUT2D eigenvalue weighted by molar-refractivity contribution is 4.55. The molecular formula is C12H26O5. The first kappa shape index (κ1) is 16.8. The third-order valence-corrected chi connectivity index (χ3v) is 2.13. The fourth-order valence-electron chi connectivity index (χ4n) is 1.18. The molecular weight excluding hydrogens is 224 g/mol. The fourth-order valence-corrected chi connectivity index (χ4v) is 1.18. The number of aliphatic hydroxyl groups is 1. The molecule has 0 spiro atoms. The Morgan fingerprint density at radius 2 is 1.71 bits per heavy atom. The smallest absolute Gasteiger partial charge is 0.104 e. The zero-order valence-electron chi connectivity index (χ0n) is 11.0. The molecule has 1 atom stereocenters. The molecule has 5 nitrogen and oxygen atoms in total. The molecule has 0 bridgehead atoms. The summed E-state index contributed by atoms with van der Waals surface area (Å²) < 4.78 is 21.2. The lowest BCUT2D eigenvalue weighted by molar-refractivity contribution is -0.0689. The molecule has 0 amide bonds. The monoisotopic (exact) mass is 250 g/mol.